The van der Waals surface area contributed by atoms with Crippen LogP contribution in [0.15, 0.2) is 40.3 Å². The monoisotopic (exact) mass is 286 g/mol. The van der Waals surface area contributed by atoms with Crippen LogP contribution >= 0.6 is 15.9 Å². The number of aliphatic hydroxyl groups is 1. The number of hydrogen-bond donors (Lipinski definition) is 1. The zero-order valence-electron chi connectivity index (χ0n) is 8.84. The van der Waals surface area contributed by atoms with Crippen LogP contribution in [0.5, 0.6) is 0 Å². The highest BCUT2D eigenvalue weighted by molar-refractivity contribution is 9.10. The molecule has 0 spiro atoms. The number of allylic oxidation sites excluding steroid dienone is 2. The Morgan fingerprint density at radius 2 is 2.06 bits per heavy atom. The molecule has 1 aromatic carbocycles. The fourth-order valence-corrected chi connectivity index (χ4v) is 1.74. The lowest BCUT2D eigenvalue weighted by Crippen LogP contribution is -2.03. The fraction of sp³-hybridized carbons (Fsp3) is 0.250. The lowest BCUT2D eigenvalue weighted by molar-refractivity contribution is -0.117. The van der Waals surface area contributed by atoms with E-state index in [0.29, 0.717) is 6.42 Å². The molecule has 1 rings (SSSR count). The Kier molecular flexibility index (Phi) is 4.68. The van der Waals surface area contributed by atoms with Crippen molar-refractivity contribution in [2.45, 2.75) is 19.8 Å². The highest BCUT2D eigenvalue weighted by atomic mass is 79.9. The molecule has 0 heterocycles. The molecule has 0 saturated heterocycles. The first-order valence-electron chi connectivity index (χ1n) is 4.84. The van der Waals surface area contributed by atoms with Gasteiger partial charge in [-0.15, -0.1) is 0 Å². The van der Waals surface area contributed by atoms with E-state index in [4.69, 9.17) is 5.11 Å². The lowest BCUT2D eigenvalue weighted by atomic mass is 10.1. The van der Waals surface area contributed by atoms with Gasteiger partial charge in [0.25, 0.3) is 0 Å². The van der Waals surface area contributed by atoms with Gasteiger partial charge in [-0.05, 0) is 25.0 Å². The van der Waals surface area contributed by atoms with Gasteiger partial charge in [0, 0.05) is 10.9 Å². The summed E-state index contributed by atoms with van der Waals surface area (Å²) < 4.78 is 13.9. The van der Waals surface area contributed by atoms with Crippen molar-refractivity contribution in [2.24, 2.45) is 0 Å². The average Bonchev–Trinajstić information content (AvgIpc) is 2.26. The molecule has 4 heteroatoms. The van der Waals surface area contributed by atoms with Crippen molar-refractivity contribution in [3.63, 3.8) is 0 Å². The number of rotatable bonds is 4. The maximum absolute atomic E-state index is 13.0. The molecule has 1 N–H and O–H groups in total. The normalized spacial score (nSPS) is 12.2. The molecule has 0 atom stereocenters. The van der Waals surface area contributed by atoms with Gasteiger partial charge in [-0.3, -0.25) is 4.79 Å². The average molecular weight is 287 g/mol. The number of carbonyl (C=O) groups excluding carboxylic acids is 1. The second-order valence-electron chi connectivity index (χ2n) is 3.41. The zero-order valence-corrected chi connectivity index (χ0v) is 10.4. The Labute approximate surface area is 102 Å². The Hall–Kier alpha value is -1.16. The maximum atomic E-state index is 13.0. The molecule has 0 radical (unpaired) electrons. The number of benzene rings is 1. The van der Waals surface area contributed by atoms with Crippen LogP contribution in [-0.4, -0.2) is 10.9 Å². The summed E-state index contributed by atoms with van der Waals surface area (Å²) in [6, 6.07) is 7.45. The largest absolute Gasteiger partial charge is 0.509 e. The van der Waals surface area contributed by atoms with E-state index in [1.165, 1.54) is 0 Å². The first-order valence-corrected chi connectivity index (χ1v) is 5.63. The van der Waals surface area contributed by atoms with E-state index in [9.17, 15) is 9.18 Å². The number of Topliss-reactive ketones (excluding diaryl/α,β-unsaturated/α-hetero) is 1. The van der Waals surface area contributed by atoms with Gasteiger partial charge in [0.15, 0.2) is 5.78 Å². The standard InChI is InChI=1S/C12H12BrFO2/c1-8(15)12(14)11(16)7-6-9-4-2-3-5-10(9)13/h2-5,15H,6-7H2,1H3/b12-8+. The van der Waals surface area contributed by atoms with Crippen LogP contribution in [0.3, 0.4) is 0 Å². The van der Waals surface area contributed by atoms with Crippen LogP contribution in [0.2, 0.25) is 0 Å². The molecule has 0 saturated carbocycles. The highest BCUT2D eigenvalue weighted by Gasteiger charge is 2.12. The van der Waals surface area contributed by atoms with Crippen LogP contribution in [0.25, 0.3) is 0 Å². The summed E-state index contributed by atoms with van der Waals surface area (Å²) in [7, 11) is 0. The first-order chi connectivity index (χ1) is 7.52. The second-order valence-corrected chi connectivity index (χ2v) is 4.27. The zero-order chi connectivity index (χ0) is 12.1. The van der Waals surface area contributed by atoms with Crippen LogP contribution in [0, 0.1) is 0 Å². The molecule has 0 aliphatic heterocycles. The number of ketones is 1. The van der Waals surface area contributed by atoms with Crippen molar-refractivity contribution in [1.29, 1.82) is 0 Å². The lowest BCUT2D eigenvalue weighted by Gasteiger charge is -2.03. The summed E-state index contributed by atoms with van der Waals surface area (Å²) >= 11 is 3.35. The van der Waals surface area contributed by atoms with E-state index in [1.807, 2.05) is 24.3 Å². The van der Waals surface area contributed by atoms with Gasteiger partial charge >= 0.3 is 0 Å². The molecule has 2 nitrogen and oxygen atoms in total. The van der Waals surface area contributed by atoms with Crippen molar-refractivity contribution in [2.75, 3.05) is 0 Å². The Morgan fingerprint density at radius 1 is 1.44 bits per heavy atom. The van der Waals surface area contributed by atoms with E-state index < -0.39 is 17.4 Å². The molecule has 0 amide bonds. The van der Waals surface area contributed by atoms with E-state index in [0.717, 1.165) is 17.0 Å². The highest BCUT2D eigenvalue weighted by Crippen LogP contribution is 2.18. The molecule has 0 fully saturated rings. The molecule has 0 bridgehead atoms. The predicted molar refractivity (Wildman–Crippen MR) is 63.9 cm³/mol. The van der Waals surface area contributed by atoms with Gasteiger partial charge in [0.05, 0.1) is 0 Å². The van der Waals surface area contributed by atoms with Crippen molar-refractivity contribution in [3.8, 4) is 0 Å². The minimum Gasteiger partial charge on any atom is -0.509 e. The summed E-state index contributed by atoms with van der Waals surface area (Å²) in [5, 5.41) is 8.82. The Morgan fingerprint density at radius 3 is 2.62 bits per heavy atom. The van der Waals surface area contributed by atoms with E-state index in [2.05, 4.69) is 15.9 Å². The van der Waals surface area contributed by atoms with E-state index in [-0.39, 0.29) is 6.42 Å². The topological polar surface area (TPSA) is 37.3 Å². The second kappa shape index (κ2) is 5.80. The summed E-state index contributed by atoms with van der Waals surface area (Å²) in [5.74, 6) is -2.28. The summed E-state index contributed by atoms with van der Waals surface area (Å²) in [5.41, 5.74) is 0.944. The molecule has 0 aliphatic rings. The molecular weight excluding hydrogens is 275 g/mol. The van der Waals surface area contributed by atoms with Gasteiger partial charge in [0.2, 0.25) is 5.83 Å². The first kappa shape index (κ1) is 12.9. The SMILES string of the molecule is C/C(O)=C(\F)C(=O)CCc1ccccc1Br. The van der Waals surface area contributed by atoms with Crippen molar-refractivity contribution < 1.29 is 14.3 Å². The molecule has 0 unspecified atom stereocenters. The van der Waals surface area contributed by atoms with Crippen LogP contribution in [-0.2, 0) is 11.2 Å². The van der Waals surface area contributed by atoms with Gasteiger partial charge in [-0.2, -0.15) is 4.39 Å². The molecular formula is C12H12BrFO2. The van der Waals surface area contributed by atoms with Crippen molar-refractivity contribution in [3.05, 3.63) is 45.9 Å². The molecule has 16 heavy (non-hydrogen) atoms. The van der Waals surface area contributed by atoms with Gasteiger partial charge in [-0.25, -0.2) is 0 Å². The van der Waals surface area contributed by atoms with Gasteiger partial charge < -0.3 is 5.11 Å². The van der Waals surface area contributed by atoms with E-state index >= 15 is 0 Å². The van der Waals surface area contributed by atoms with Crippen LogP contribution < -0.4 is 0 Å². The number of aryl methyl sites for hydroxylation is 1. The smallest absolute Gasteiger partial charge is 0.203 e. The molecule has 0 aliphatic carbocycles. The maximum Gasteiger partial charge on any atom is 0.203 e. The quantitative estimate of drug-likeness (QED) is 0.677. The fourth-order valence-electron chi connectivity index (χ4n) is 1.26. The van der Waals surface area contributed by atoms with E-state index in [1.54, 1.807) is 0 Å². The summed E-state index contributed by atoms with van der Waals surface area (Å²) in [6.45, 7) is 1.16. The number of carbonyl (C=O) groups is 1. The number of aliphatic hydroxyl groups excluding tert-OH is 1. The van der Waals surface area contributed by atoms with Crippen molar-refractivity contribution in [1.82, 2.24) is 0 Å². The minimum atomic E-state index is -1.05. The third-order valence-electron chi connectivity index (χ3n) is 2.14. The van der Waals surface area contributed by atoms with Gasteiger partial charge in [0.1, 0.15) is 5.76 Å². The third kappa shape index (κ3) is 3.45. The summed E-state index contributed by atoms with van der Waals surface area (Å²) in [6.07, 6.45) is 0.493. The molecule has 0 aromatic heterocycles. The van der Waals surface area contributed by atoms with Crippen LogP contribution in [0.1, 0.15) is 18.9 Å². The number of hydrogen-bond acceptors (Lipinski definition) is 2. The summed E-state index contributed by atoms with van der Waals surface area (Å²) in [4.78, 5) is 11.3. The third-order valence-corrected chi connectivity index (χ3v) is 2.92. The Bertz CT molecular complexity index is 423. The van der Waals surface area contributed by atoms with Gasteiger partial charge in [-0.1, -0.05) is 34.1 Å². The van der Waals surface area contributed by atoms with Crippen molar-refractivity contribution >= 4 is 21.7 Å². The number of halogens is 2. The predicted octanol–water partition coefficient (Wildman–Crippen LogP) is 3.71. The molecule has 1 aromatic rings. The van der Waals surface area contributed by atoms with Crippen LogP contribution in [0.4, 0.5) is 4.39 Å². The molecule has 86 valence electrons. The minimum absolute atomic E-state index is 0.0480. The Balaban J connectivity index is 2.63.